The predicted octanol–water partition coefficient (Wildman–Crippen LogP) is 4.36. The summed E-state index contributed by atoms with van der Waals surface area (Å²) in [6.07, 6.45) is 12.7. The van der Waals surface area contributed by atoms with Crippen LogP contribution in [0.5, 0.6) is 0 Å². The van der Waals surface area contributed by atoms with E-state index < -0.39 is 17.5 Å². The second kappa shape index (κ2) is 12.1. The Hall–Kier alpha value is -0.893. The summed E-state index contributed by atoms with van der Waals surface area (Å²) in [7, 11) is 0. The maximum Gasteiger partial charge on any atom is 1.00 e. The van der Waals surface area contributed by atoms with Crippen LogP contribution in [-0.4, -0.2) is 25.2 Å². The van der Waals surface area contributed by atoms with Crippen molar-refractivity contribution in [1.29, 1.82) is 0 Å². The number of rotatable bonds is 6. The Morgan fingerprint density at radius 2 is 1.97 bits per heavy atom. The van der Waals surface area contributed by atoms with Gasteiger partial charge in [0.05, 0.1) is 5.56 Å². The monoisotopic (exact) mass is 507 g/mol. The Labute approximate surface area is 234 Å². The Balaban J connectivity index is 0.00000320. The second-order valence-corrected chi connectivity index (χ2v) is 12.5. The normalized spacial score (nSPS) is 36.4. The zero-order valence-corrected chi connectivity index (χ0v) is 23.3. The molecule has 8 atom stereocenters. The molecule has 6 heteroatoms. The van der Waals surface area contributed by atoms with Crippen LogP contribution in [0.1, 0.15) is 95.3 Å². The molecule has 1 aromatic rings. The molecule has 3 nitrogen and oxygen atoms in total. The Morgan fingerprint density at radius 1 is 1.16 bits per heavy atom. The molecule has 0 aliphatic heterocycles. The number of carbonyl (C=O) groups is 1. The van der Waals surface area contributed by atoms with Crippen molar-refractivity contribution in [3.8, 4) is 0 Å². The van der Waals surface area contributed by atoms with Crippen LogP contribution in [0.15, 0.2) is 18.2 Å². The van der Waals surface area contributed by atoms with Crippen molar-refractivity contribution >= 4 is 5.91 Å². The molecule has 1 aromatic carbocycles. The summed E-state index contributed by atoms with van der Waals surface area (Å²) >= 11 is 0. The van der Waals surface area contributed by atoms with Gasteiger partial charge in [0, 0.05) is 25.3 Å². The zero-order chi connectivity index (χ0) is 25.4. The third-order valence-electron chi connectivity index (χ3n) is 10.8. The first-order valence-corrected chi connectivity index (χ1v) is 14.5. The molecule has 4 fully saturated rings. The van der Waals surface area contributed by atoms with Gasteiger partial charge < -0.3 is 16.0 Å². The summed E-state index contributed by atoms with van der Waals surface area (Å²) in [5.41, 5.74) is 0.136. The van der Waals surface area contributed by atoms with E-state index in [0.29, 0.717) is 11.8 Å². The van der Waals surface area contributed by atoms with Crippen molar-refractivity contribution < 1.29 is 37.2 Å². The van der Waals surface area contributed by atoms with E-state index in [9.17, 15) is 13.6 Å². The fourth-order valence-electron chi connectivity index (χ4n) is 9.18. The number of benzene rings is 1. The van der Waals surface area contributed by atoms with Crippen molar-refractivity contribution in [2.45, 2.75) is 91.0 Å². The van der Waals surface area contributed by atoms with Crippen molar-refractivity contribution in [2.24, 2.45) is 40.9 Å². The molecular weight excluding hydrogens is 463 g/mol. The van der Waals surface area contributed by atoms with E-state index in [-0.39, 0.29) is 35.9 Å². The number of ether oxygens (including phenoxy) is 1. The van der Waals surface area contributed by atoms with Gasteiger partial charge in [0.25, 0.3) is 5.91 Å². The van der Waals surface area contributed by atoms with Gasteiger partial charge in [-0.3, -0.25) is 4.79 Å². The molecule has 0 spiro atoms. The minimum absolute atomic E-state index is 0. The first kappa shape index (κ1) is 29.1. The van der Waals surface area contributed by atoms with Crippen LogP contribution < -0.4 is 24.2 Å². The molecule has 0 aromatic heterocycles. The molecule has 37 heavy (non-hydrogen) atoms. The Bertz CT molecular complexity index is 944. The standard InChI is InChI=1S/C31H44F2NO2.Li/c1-4-36-18-20-8-11-23-21(16-20)9-12-25-24(23)14-15-31(3)27(6-5-7-28(25)31)19(2)34-30(35)26-13-10-22(32)17-29(26)33;/h10,13,17,19-20,23-25,27-28H,4-9,11-12,14-16,18H2,1-3H3,(H,34,35);/q-1;+1/t19-,20-,23-,24?,25+,27+,28?,31+;/m0./s1. The molecule has 0 bridgehead atoms. The van der Waals surface area contributed by atoms with E-state index in [1.165, 1.54) is 63.9 Å². The SMILES string of the molecule is CCOC[C@H]1CC[C@H]2[C-](CC[C@@H]3C2CC[C@@]2(C)C3CCC[C@@H]2[C@H](C)NC(=O)c2ccc(F)cc2F)C1.[Li+]. The summed E-state index contributed by atoms with van der Waals surface area (Å²) in [4.78, 5) is 12.9. The van der Waals surface area contributed by atoms with Gasteiger partial charge in [-0.15, -0.1) is 0 Å². The zero-order valence-electron chi connectivity index (χ0n) is 23.3. The number of fused-ring (bicyclic) bond motifs is 5. The summed E-state index contributed by atoms with van der Waals surface area (Å²) in [5, 5.41) is 3.11. The molecule has 4 aliphatic rings. The average Bonchev–Trinajstić information content (AvgIpc) is 2.86. The van der Waals surface area contributed by atoms with Gasteiger partial charge in [0.1, 0.15) is 11.6 Å². The molecule has 4 aliphatic carbocycles. The maximum atomic E-state index is 14.2. The van der Waals surface area contributed by atoms with E-state index in [1.807, 2.05) is 5.92 Å². The fourth-order valence-corrected chi connectivity index (χ4v) is 9.18. The van der Waals surface area contributed by atoms with Crippen LogP contribution in [0, 0.1) is 58.5 Å². The van der Waals surface area contributed by atoms with Crippen LogP contribution in [-0.2, 0) is 4.74 Å². The van der Waals surface area contributed by atoms with Gasteiger partial charge in [-0.25, -0.2) is 8.78 Å². The molecule has 0 radical (unpaired) electrons. The van der Waals surface area contributed by atoms with Gasteiger partial charge in [0.15, 0.2) is 0 Å². The van der Waals surface area contributed by atoms with E-state index in [0.717, 1.165) is 55.4 Å². The van der Waals surface area contributed by atoms with Gasteiger partial charge in [-0.2, -0.15) is 18.8 Å². The van der Waals surface area contributed by atoms with Crippen LogP contribution in [0.4, 0.5) is 8.78 Å². The van der Waals surface area contributed by atoms with Crippen LogP contribution in [0.25, 0.3) is 0 Å². The first-order valence-electron chi connectivity index (χ1n) is 14.5. The number of nitrogens with one attached hydrogen (secondary N) is 1. The quantitative estimate of drug-likeness (QED) is 0.459. The average molecular weight is 508 g/mol. The largest absolute Gasteiger partial charge is 1.00 e. The van der Waals surface area contributed by atoms with Gasteiger partial charge in [-0.05, 0) is 74.3 Å². The van der Waals surface area contributed by atoms with Gasteiger partial charge in [0.2, 0.25) is 0 Å². The summed E-state index contributed by atoms with van der Waals surface area (Å²) in [6, 6.07) is 3.16. The smallest absolute Gasteiger partial charge is 0.382 e. The van der Waals surface area contributed by atoms with Crippen molar-refractivity contribution in [1.82, 2.24) is 5.32 Å². The molecule has 2 unspecified atom stereocenters. The Morgan fingerprint density at radius 3 is 2.73 bits per heavy atom. The third kappa shape index (κ3) is 5.71. The van der Waals surface area contributed by atoms with E-state index in [1.54, 1.807) is 0 Å². The van der Waals surface area contributed by atoms with Crippen LogP contribution in [0.2, 0.25) is 0 Å². The van der Waals surface area contributed by atoms with Crippen molar-refractivity contribution in [3.05, 3.63) is 41.3 Å². The minimum atomic E-state index is -0.793. The minimum Gasteiger partial charge on any atom is -0.382 e. The number of hydrogen-bond acceptors (Lipinski definition) is 2. The predicted molar refractivity (Wildman–Crippen MR) is 138 cm³/mol. The molecule has 200 valence electrons. The molecule has 1 N–H and O–H groups in total. The van der Waals surface area contributed by atoms with E-state index in [2.05, 4.69) is 26.1 Å². The van der Waals surface area contributed by atoms with Gasteiger partial charge >= 0.3 is 18.9 Å². The number of amides is 1. The number of carbonyl (C=O) groups excluding carboxylic acids is 1. The summed E-state index contributed by atoms with van der Waals surface area (Å²) in [5.74, 6) is 4.20. The molecule has 1 amide bonds. The van der Waals surface area contributed by atoms with Crippen molar-refractivity contribution in [2.75, 3.05) is 13.2 Å². The number of hydrogen-bond donors (Lipinski definition) is 1. The molecule has 5 rings (SSSR count). The van der Waals surface area contributed by atoms with Crippen LogP contribution in [0.3, 0.4) is 0 Å². The Kier molecular flexibility index (Phi) is 9.51. The summed E-state index contributed by atoms with van der Waals surface area (Å²) in [6.45, 7) is 8.41. The molecule has 4 saturated carbocycles. The maximum absolute atomic E-state index is 14.2. The number of halogens is 2. The molecule has 0 heterocycles. The van der Waals surface area contributed by atoms with Crippen LogP contribution >= 0.6 is 0 Å². The third-order valence-corrected chi connectivity index (χ3v) is 10.8. The molecule has 0 saturated heterocycles. The van der Waals surface area contributed by atoms with E-state index >= 15 is 0 Å². The van der Waals surface area contributed by atoms with E-state index in [4.69, 9.17) is 4.74 Å². The topological polar surface area (TPSA) is 38.3 Å². The first-order chi connectivity index (χ1) is 17.3. The van der Waals surface area contributed by atoms with Gasteiger partial charge in [-0.1, -0.05) is 44.9 Å². The van der Waals surface area contributed by atoms with Crippen molar-refractivity contribution in [3.63, 3.8) is 0 Å². The fraction of sp³-hybridized carbons (Fsp3) is 0.742. The summed E-state index contributed by atoms with van der Waals surface area (Å²) < 4.78 is 33.3. The molecular formula is C31H44F2LiNO2. The second-order valence-electron chi connectivity index (χ2n) is 12.5.